The Morgan fingerprint density at radius 3 is 2.69 bits per heavy atom. The molecule has 152 valence electrons. The summed E-state index contributed by atoms with van der Waals surface area (Å²) in [5, 5.41) is 10.8. The fraction of sp³-hybridized carbons (Fsp3) is 0.333. The van der Waals surface area contributed by atoms with E-state index in [9.17, 15) is 4.79 Å². The molecule has 29 heavy (non-hydrogen) atoms. The molecular weight excluding hydrogens is 370 g/mol. The highest BCUT2D eigenvalue weighted by Gasteiger charge is 2.11. The van der Waals surface area contributed by atoms with Crippen LogP contribution in [0.15, 0.2) is 48.8 Å². The van der Waals surface area contributed by atoms with Crippen LogP contribution in [0.25, 0.3) is 0 Å². The van der Waals surface area contributed by atoms with E-state index in [-0.39, 0.29) is 11.6 Å². The molecule has 0 bridgehead atoms. The lowest BCUT2D eigenvalue weighted by Crippen LogP contribution is -2.26. The van der Waals surface area contributed by atoms with Gasteiger partial charge in [0.05, 0.1) is 31.6 Å². The van der Waals surface area contributed by atoms with Crippen molar-refractivity contribution in [1.29, 1.82) is 0 Å². The summed E-state index contributed by atoms with van der Waals surface area (Å²) < 4.78 is 12.8. The van der Waals surface area contributed by atoms with Crippen molar-refractivity contribution < 1.29 is 14.3 Å². The number of nitrogens with one attached hydrogen (secondary N) is 1. The molecule has 0 aliphatic rings. The third kappa shape index (κ3) is 5.78. The molecule has 1 amide bonds. The molecule has 0 fully saturated rings. The van der Waals surface area contributed by atoms with Crippen LogP contribution in [0.1, 0.15) is 35.6 Å². The van der Waals surface area contributed by atoms with E-state index in [0.29, 0.717) is 32.7 Å². The highest BCUT2D eigenvalue weighted by atomic mass is 16.5. The third-order valence-electron chi connectivity index (χ3n) is 4.13. The summed E-state index contributed by atoms with van der Waals surface area (Å²) in [5.74, 6) is 1.19. The van der Waals surface area contributed by atoms with Crippen molar-refractivity contribution in [1.82, 2.24) is 25.3 Å². The Morgan fingerprint density at radius 2 is 1.93 bits per heavy atom. The molecule has 0 radical (unpaired) electrons. The van der Waals surface area contributed by atoms with Gasteiger partial charge in [0.2, 0.25) is 0 Å². The Morgan fingerprint density at radius 1 is 1.10 bits per heavy atom. The van der Waals surface area contributed by atoms with Gasteiger partial charge in [-0.1, -0.05) is 17.3 Å². The number of aromatic nitrogens is 4. The van der Waals surface area contributed by atoms with Crippen LogP contribution in [0.4, 0.5) is 0 Å². The topological polar surface area (TPSA) is 91.2 Å². The van der Waals surface area contributed by atoms with Gasteiger partial charge < -0.3 is 14.8 Å². The van der Waals surface area contributed by atoms with Crippen molar-refractivity contribution in [3.05, 3.63) is 65.7 Å². The molecule has 3 rings (SSSR count). The third-order valence-corrected chi connectivity index (χ3v) is 4.13. The van der Waals surface area contributed by atoms with E-state index in [1.807, 2.05) is 50.2 Å². The lowest BCUT2D eigenvalue weighted by Gasteiger charge is -2.12. The summed E-state index contributed by atoms with van der Waals surface area (Å²) in [5.41, 5.74) is 2.18. The van der Waals surface area contributed by atoms with Gasteiger partial charge in [0, 0.05) is 12.7 Å². The molecule has 0 aliphatic carbocycles. The van der Waals surface area contributed by atoms with Crippen molar-refractivity contribution >= 4 is 5.91 Å². The molecule has 8 nitrogen and oxygen atoms in total. The molecule has 0 spiro atoms. The molecule has 0 saturated heterocycles. The largest absolute Gasteiger partial charge is 0.490 e. The van der Waals surface area contributed by atoms with E-state index in [1.54, 1.807) is 17.1 Å². The molecule has 1 N–H and O–H groups in total. The first-order valence-corrected chi connectivity index (χ1v) is 9.66. The first-order valence-electron chi connectivity index (χ1n) is 9.66. The number of rotatable bonds is 10. The fourth-order valence-corrected chi connectivity index (χ4v) is 2.80. The van der Waals surface area contributed by atoms with E-state index in [4.69, 9.17) is 9.47 Å². The Labute approximate surface area is 169 Å². The lowest BCUT2D eigenvalue weighted by molar-refractivity contribution is 0.0949. The van der Waals surface area contributed by atoms with Crippen LogP contribution in [-0.4, -0.2) is 45.6 Å². The fourth-order valence-electron chi connectivity index (χ4n) is 2.80. The minimum Gasteiger partial charge on any atom is -0.490 e. The van der Waals surface area contributed by atoms with Crippen molar-refractivity contribution in [2.24, 2.45) is 0 Å². The van der Waals surface area contributed by atoms with Crippen LogP contribution in [0.5, 0.6) is 11.5 Å². The van der Waals surface area contributed by atoms with Crippen molar-refractivity contribution in [2.45, 2.75) is 26.8 Å². The van der Waals surface area contributed by atoms with Crippen LogP contribution in [0.3, 0.4) is 0 Å². The van der Waals surface area contributed by atoms with Gasteiger partial charge in [0.25, 0.3) is 5.91 Å². The normalized spacial score (nSPS) is 10.6. The van der Waals surface area contributed by atoms with E-state index in [1.165, 1.54) is 0 Å². The Hall–Kier alpha value is -3.42. The van der Waals surface area contributed by atoms with E-state index in [2.05, 4.69) is 20.6 Å². The number of ether oxygens (including phenoxy) is 2. The molecule has 0 atom stereocenters. The standard InChI is InChI=1S/C21H25N5O3/c1-3-28-19-9-8-16(13-20(19)29-4-2)10-12-23-21(27)18-15-26(25-24-18)14-17-7-5-6-11-22-17/h5-9,11,13,15H,3-4,10,12,14H2,1-2H3,(H,23,27). The number of hydrogen-bond acceptors (Lipinski definition) is 6. The molecular formula is C21H25N5O3. The van der Waals surface area contributed by atoms with E-state index < -0.39 is 0 Å². The number of amides is 1. The molecule has 1 aromatic carbocycles. The van der Waals surface area contributed by atoms with Gasteiger partial charge in [0.15, 0.2) is 17.2 Å². The summed E-state index contributed by atoms with van der Waals surface area (Å²) in [6, 6.07) is 11.5. The Balaban J connectivity index is 1.53. The maximum absolute atomic E-state index is 12.3. The zero-order chi connectivity index (χ0) is 20.5. The number of hydrogen-bond donors (Lipinski definition) is 1. The minimum absolute atomic E-state index is 0.256. The molecule has 2 aromatic heterocycles. The van der Waals surface area contributed by atoms with Crippen LogP contribution in [0, 0.1) is 0 Å². The van der Waals surface area contributed by atoms with Gasteiger partial charge in [-0.2, -0.15) is 0 Å². The number of pyridine rings is 1. The second kappa shape index (κ2) is 10.2. The highest BCUT2D eigenvalue weighted by Crippen LogP contribution is 2.28. The van der Waals surface area contributed by atoms with Crippen molar-refractivity contribution in [3.8, 4) is 11.5 Å². The number of nitrogens with zero attached hydrogens (tertiary/aromatic N) is 4. The van der Waals surface area contributed by atoms with Crippen LogP contribution < -0.4 is 14.8 Å². The van der Waals surface area contributed by atoms with Gasteiger partial charge >= 0.3 is 0 Å². The molecule has 0 saturated carbocycles. The zero-order valence-corrected chi connectivity index (χ0v) is 16.7. The molecule has 2 heterocycles. The molecule has 8 heteroatoms. The van der Waals surface area contributed by atoms with Gasteiger partial charge in [-0.15, -0.1) is 5.10 Å². The Kier molecular flexibility index (Phi) is 7.16. The second-order valence-corrected chi connectivity index (χ2v) is 6.28. The number of carbonyl (C=O) groups is 1. The maximum Gasteiger partial charge on any atom is 0.273 e. The summed E-state index contributed by atoms with van der Waals surface area (Å²) in [6.07, 6.45) is 4.01. The van der Waals surface area contributed by atoms with Gasteiger partial charge in [-0.3, -0.25) is 9.78 Å². The average molecular weight is 395 g/mol. The maximum atomic E-state index is 12.3. The first kappa shape index (κ1) is 20.3. The van der Waals surface area contributed by atoms with Crippen LogP contribution in [0.2, 0.25) is 0 Å². The zero-order valence-electron chi connectivity index (χ0n) is 16.7. The SMILES string of the molecule is CCOc1ccc(CCNC(=O)c2cn(Cc3ccccn3)nn2)cc1OCC. The minimum atomic E-state index is -0.256. The first-order chi connectivity index (χ1) is 14.2. The summed E-state index contributed by atoms with van der Waals surface area (Å²) in [7, 11) is 0. The number of carbonyl (C=O) groups excluding carboxylic acids is 1. The van der Waals surface area contributed by atoms with Crippen LogP contribution in [-0.2, 0) is 13.0 Å². The second-order valence-electron chi connectivity index (χ2n) is 6.28. The van der Waals surface area contributed by atoms with Gasteiger partial charge in [-0.25, -0.2) is 4.68 Å². The average Bonchev–Trinajstić information content (AvgIpc) is 3.19. The number of benzene rings is 1. The quantitative estimate of drug-likeness (QED) is 0.567. The lowest BCUT2D eigenvalue weighted by atomic mass is 10.1. The Bertz CT molecular complexity index is 927. The van der Waals surface area contributed by atoms with E-state index >= 15 is 0 Å². The predicted molar refractivity (Wildman–Crippen MR) is 108 cm³/mol. The van der Waals surface area contributed by atoms with E-state index in [0.717, 1.165) is 22.8 Å². The monoisotopic (exact) mass is 395 g/mol. The molecule has 0 unspecified atom stereocenters. The van der Waals surface area contributed by atoms with Crippen molar-refractivity contribution in [2.75, 3.05) is 19.8 Å². The highest BCUT2D eigenvalue weighted by molar-refractivity contribution is 5.91. The van der Waals surface area contributed by atoms with Crippen molar-refractivity contribution in [3.63, 3.8) is 0 Å². The summed E-state index contributed by atoms with van der Waals surface area (Å²) in [4.78, 5) is 16.6. The van der Waals surface area contributed by atoms with Gasteiger partial charge in [0.1, 0.15) is 0 Å². The molecule has 3 aromatic rings. The van der Waals surface area contributed by atoms with Crippen LogP contribution >= 0.6 is 0 Å². The molecule has 0 aliphatic heterocycles. The summed E-state index contributed by atoms with van der Waals surface area (Å²) in [6.45, 7) is 5.96. The van der Waals surface area contributed by atoms with Gasteiger partial charge in [-0.05, 0) is 50.1 Å². The predicted octanol–water partition coefficient (Wildman–Crippen LogP) is 2.49. The smallest absolute Gasteiger partial charge is 0.273 e. The summed E-state index contributed by atoms with van der Waals surface area (Å²) >= 11 is 0.